The van der Waals surface area contributed by atoms with Crippen LogP contribution in [0.3, 0.4) is 0 Å². The van der Waals surface area contributed by atoms with Gasteiger partial charge in [0.1, 0.15) is 0 Å². The first-order valence-corrected chi connectivity index (χ1v) is 6.93. The second-order valence-electron chi connectivity index (χ2n) is 5.19. The van der Waals surface area contributed by atoms with Gasteiger partial charge in [-0.1, -0.05) is 19.3 Å². The number of rotatable bonds is 4. The van der Waals surface area contributed by atoms with E-state index in [4.69, 9.17) is 10.5 Å². The molecule has 2 aliphatic rings. The van der Waals surface area contributed by atoms with Crippen LogP contribution < -0.4 is 5.73 Å². The summed E-state index contributed by atoms with van der Waals surface area (Å²) >= 11 is 0. The lowest BCUT2D eigenvalue weighted by atomic mass is 9.82. The van der Waals surface area contributed by atoms with Crippen LogP contribution in [-0.4, -0.2) is 43.8 Å². The lowest BCUT2D eigenvalue weighted by Crippen LogP contribution is -2.48. The second-order valence-corrected chi connectivity index (χ2v) is 5.19. The molecule has 94 valence electrons. The molecule has 1 saturated carbocycles. The van der Waals surface area contributed by atoms with E-state index >= 15 is 0 Å². The third-order valence-electron chi connectivity index (χ3n) is 4.17. The zero-order valence-electron chi connectivity index (χ0n) is 10.4. The van der Waals surface area contributed by atoms with Gasteiger partial charge in [-0.15, -0.1) is 0 Å². The molecular weight excluding hydrogens is 200 g/mol. The third-order valence-corrected chi connectivity index (χ3v) is 4.17. The van der Waals surface area contributed by atoms with E-state index in [1.165, 1.54) is 38.5 Å². The fraction of sp³-hybridized carbons (Fsp3) is 1.00. The van der Waals surface area contributed by atoms with Gasteiger partial charge in [0.05, 0.1) is 13.2 Å². The minimum atomic E-state index is 0.731. The SMILES string of the molecule is NCCC(C1CCCCC1)N1CCOCC1. The molecule has 2 fully saturated rings. The van der Waals surface area contributed by atoms with E-state index in [9.17, 15) is 0 Å². The van der Waals surface area contributed by atoms with E-state index in [1.54, 1.807) is 0 Å². The van der Waals surface area contributed by atoms with Gasteiger partial charge in [0, 0.05) is 19.1 Å². The standard InChI is InChI=1S/C13H26N2O/c14-7-6-13(12-4-2-1-3-5-12)15-8-10-16-11-9-15/h12-13H,1-11,14H2. The Hall–Kier alpha value is -0.120. The summed E-state index contributed by atoms with van der Waals surface area (Å²) in [7, 11) is 0. The van der Waals surface area contributed by atoms with E-state index in [-0.39, 0.29) is 0 Å². The van der Waals surface area contributed by atoms with Crippen molar-refractivity contribution in [1.29, 1.82) is 0 Å². The summed E-state index contributed by atoms with van der Waals surface area (Å²) in [6, 6.07) is 0.731. The van der Waals surface area contributed by atoms with Crippen LogP contribution in [0.15, 0.2) is 0 Å². The van der Waals surface area contributed by atoms with Crippen LogP contribution in [0.2, 0.25) is 0 Å². The molecule has 0 aromatic carbocycles. The predicted octanol–water partition coefficient (Wildman–Crippen LogP) is 1.62. The minimum Gasteiger partial charge on any atom is -0.379 e. The van der Waals surface area contributed by atoms with Crippen molar-refractivity contribution in [2.24, 2.45) is 11.7 Å². The molecule has 1 aliphatic carbocycles. The Morgan fingerprint density at radius 1 is 1.12 bits per heavy atom. The molecule has 0 aromatic heterocycles. The van der Waals surface area contributed by atoms with E-state index < -0.39 is 0 Å². The summed E-state index contributed by atoms with van der Waals surface area (Å²) in [6.07, 6.45) is 8.30. The molecule has 2 N–H and O–H groups in total. The van der Waals surface area contributed by atoms with Gasteiger partial charge in [-0.2, -0.15) is 0 Å². The van der Waals surface area contributed by atoms with Crippen LogP contribution in [-0.2, 0) is 4.74 Å². The quantitative estimate of drug-likeness (QED) is 0.791. The van der Waals surface area contributed by atoms with Crippen LogP contribution in [0.4, 0.5) is 0 Å². The van der Waals surface area contributed by atoms with Crippen molar-refractivity contribution in [1.82, 2.24) is 4.90 Å². The Balaban J connectivity index is 1.91. The van der Waals surface area contributed by atoms with Crippen LogP contribution in [0.25, 0.3) is 0 Å². The molecule has 1 aliphatic heterocycles. The average Bonchev–Trinajstić information content (AvgIpc) is 2.38. The van der Waals surface area contributed by atoms with E-state index in [2.05, 4.69) is 4.90 Å². The summed E-state index contributed by atoms with van der Waals surface area (Å²) in [4.78, 5) is 2.63. The molecule has 3 nitrogen and oxygen atoms in total. The topological polar surface area (TPSA) is 38.5 Å². The largest absolute Gasteiger partial charge is 0.379 e. The average molecular weight is 226 g/mol. The molecule has 1 atom stereocenters. The smallest absolute Gasteiger partial charge is 0.0594 e. The first-order chi connectivity index (χ1) is 7.92. The Bertz CT molecular complexity index is 168. The van der Waals surface area contributed by atoms with Crippen molar-refractivity contribution in [2.75, 3.05) is 32.8 Å². The van der Waals surface area contributed by atoms with Gasteiger partial charge >= 0.3 is 0 Å². The Morgan fingerprint density at radius 3 is 2.44 bits per heavy atom. The van der Waals surface area contributed by atoms with E-state index in [1.807, 2.05) is 0 Å². The maximum absolute atomic E-state index is 5.78. The van der Waals surface area contributed by atoms with Crippen molar-refractivity contribution in [3.05, 3.63) is 0 Å². The van der Waals surface area contributed by atoms with Gasteiger partial charge in [0.2, 0.25) is 0 Å². The highest BCUT2D eigenvalue weighted by atomic mass is 16.5. The number of nitrogens with two attached hydrogens (primary N) is 1. The lowest BCUT2D eigenvalue weighted by Gasteiger charge is -2.40. The van der Waals surface area contributed by atoms with Crippen molar-refractivity contribution in [3.8, 4) is 0 Å². The van der Waals surface area contributed by atoms with Crippen molar-refractivity contribution in [3.63, 3.8) is 0 Å². The van der Waals surface area contributed by atoms with Crippen LogP contribution in [0.1, 0.15) is 38.5 Å². The zero-order valence-corrected chi connectivity index (χ0v) is 10.4. The zero-order chi connectivity index (χ0) is 11.2. The lowest BCUT2D eigenvalue weighted by molar-refractivity contribution is -0.00390. The molecule has 2 rings (SSSR count). The number of hydrogen-bond acceptors (Lipinski definition) is 3. The van der Waals surface area contributed by atoms with Crippen molar-refractivity contribution < 1.29 is 4.74 Å². The van der Waals surface area contributed by atoms with Gasteiger partial charge < -0.3 is 10.5 Å². The molecule has 0 amide bonds. The van der Waals surface area contributed by atoms with Crippen LogP contribution >= 0.6 is 0 Å². The molecule has 0 bridgehead atoms. The fourth-order valence-electron chi connectivity index (χ4n) is 3.32. The number of hydrogen-bond donors (Lipinski definition) is 1. The first kappa shape index (κ1) is 12.3. The Morgan fingerprint density at radius 2 is 1.81 bits per heavy atom. The summed E-state index contributed by atoms with van der Waals surface area (Å²) in [6.45, 7) is 4.88. The molecule has 1 unspecified atom stereocenters. The summed E-state index contributed by atoms with van der Waals surface area (Å²) in [5.74, 6) is 0.899. The normalized spacial score (nSPS) is 26.8. The van der Waals surface area contributed by atoms with Crippen LogP contribution in [0, 0.1) is 5.92 Å². The highest BCUT2D eigenvalue weighted by Gasteiger charge is 2.28. The Kier molecular flexibility index (Phi) is 5.07. The Labute approximate surface area is 99.3 Å². The van der Waals surface area contributed by atoms with Gasteiger partial charge in [0.25, 0.3) is 0 Å². The van der Waals surface area contributed by atoms with Gasteiger partial charge in [-0.3, -0.25) is 4.90 Å². The molecule has 0 spiro atoms. The van der Waals surface area contributed by atoms with Gasteiger partial charge in [-0.25, -0.2) is 0 Å². The monoisotopic (exact) mass is 226 g/mol. The minimum absolute atomic E-state index is 0.731. The molecule has 1 saturated heterocycles. The molecule has 1 heterocycles. The number of nitrogens with zero attached hydrogens (tertiary/aromatic N) is 1. The summed E-state index contributed by atoms with van der Waals surface area (Å²) < 4.78 is 5.44. The van der Waals surface area contributed by atoms with Crippen molar-refractivity contribution in [2.45, 2.75) is 44.6 Å². The molecule has 0 radical (unpaired) electrons. The predicted molar refractivity (Wildman–Crippen MR) is 66.4 cm³/mol. The molecule has 16 heavy (non-hydrogen) atoms. The summed E-state index contributed by atoms with van der Waals surface area (Å²) in [5, 5.41) is 0. The summed E-state index contributed by atoms with van der Waals surface area (Å²) in [5.41, 5.74) is 5.78. The number of ether oxygens (including phenoxy) is 1. The number of morpholine rings is 1. The van der Waals surface area contributed by atoms with E-state index in [0.29, 0.717) is 0 Å². The highest BCUT2D eigenvalue weighted by Crippen LogP contribution is 2.30. The first-order valence-electron chi connectivity index (χ1n) is 6.93. The highest BCUT2D eigenvalue weighted by molar-refractivity contribution is 4.83. The van der Waals surface area contributed by atoms with E-state index in [0.717, 1.165) is 44.8 Å². The fourth-order valence-corrected chi connectivity index (χ4v) is 3.32. The van der Waals surface area contributed by atoms with Gasteiger partial charge in [-0.05, 0) is 31.7 Å². The third kappa shape index (κ3) is 3.19. The molecule has 0 aromatic rings. The molecule has 3 heteroatoms. The maximum Gasteiger partial charge on any atom is 0.0594 e. The van der Waals surface area contributed by atoms with Crippen molar-refractivity contribution >= 4 is 0 Å². The molecular formula is C13H26N2O. The van der Waals surface area contributed by atoms with Crippen LogP contribution in [0.5, 0.6) is 0 Å². The maximum atomic E-state index is 5.78. The van der Waals surface area contributed by atoms with Gasteiger partial charge in [0.15, 0.2) is 0 Å². The second kappa shape index (κ2) is 6.58.